The molecule has 3 nitrogen and oxygen atoms in total. The second-order valence-corrected chi connectivity index (χ2v) is 5.25. The smallest absolute Gasteiger partial charge is 0.203 e. The number of anilines is 1. The van der Waals surface area contributed by atoms with Crippen molar-refractivity contribution < 1.29 is 0 Å². The first-order valence-electron chi connectivity index (χ1n) is 5.84. The van der Waals surface area contributed by atoms with Crippen LogP contribution in [0.2, 0.25) is 0 Å². The molecule has 15 heavy (non-hydrogen) atoms. The zero-order valence-electron chi connectivity index (χ0n) is 10.2. The Balaban J connectivity index is 2.19. The molecule has 1 aromatic heterocycles. The van der Waals surface area contributed by atoms with Crippen molar-refractivity contribution in [3.63, 3.8) is 0 Å². The predicted octanol–water partition coefficient (Wildman–Crippen LogP) is 3.13. The van der Waals surface area contributed by atoms with Gasteiger partial charge >= 0.3 is 0 Å². The lowest BCUT2D eigenvalue weighted by atomic mass is 9.79. The highest BCUT2D eigenvalue weighted by molar-refractivity contribution is 5.34. The first kappa shape index (κ1) is 10.5. The Bertz CT molecular complexity index is 348. The maximum absolute atomic E-state index is 4.55. The number of aromatic nitrogens is 2. The summed E-state index contributed by atoms with van der Waals surface area (Å²) in [5.41, 5.74) is 1.37. The van der Waals surface area contributed by atoms with Crippen molar-refractivity contribution >= 4 is 5.95 Å². The average molecular weight is 207 g/mol. The highest BCUT2D eigenvalue weighted by Crippen LogP contribution is 2.34. The van der Waals surface area contributed by atoms with Gasteiger partial charge in [0.25, 0.3) is 0 Å². The Labute approximate surface area is 91.9 Å². The van der Waals surface area contributed by atoms with Crippen molar-refractivity contribution in [1.82, 2.24) is 9.55 Å². The van der Waals surface area contributed by atoms with Crippen molar-refractivity contribution in [2.75, 3.05) is 5.32 Å². The normalized spacial score (nSPS) is 19.0. The summed E-state index contributed by atoms with van der Waals surface area (Å²) in [4.78, 5) is 4.55. The molecule has 0 aromatic carbocycles. The number of imidazole rings is 1. The molecule has 84 valence electrons. The molecule has 0 amide bonds. The topological polar surface area (TPSA) is 29.9 Å². The monoisotopic (exact) mass is 207 g/mol. The fourth-order valence-electron chi connectivity index (χ4n) is 2.10. The van der Waals surface area contributed by atoms with Crippen LogP contribution in [0.4, 0.5) is 5.95 Å². The number of hydrogen-bond donors (Lipinski definition) is 1. The highest BCUT2D eigenvalue weighted by atomic mass is 15.2. The van der Waals surface area contributed by atoms with Gasteiger partial charge in [-0.2, -0.15) is 0 Å². The Hall–Kier alpha value is -0.990. The molecule has 0 bridgehead atoms. The molecular formula is C12H21N3. The molecule has 3 heteroatoms. The van der Waals surface area contributed by atoms with E-state index < -0.39 is 0 Å². The van der Waals surface area contributed by atoms with E-state index in [-0.39, 0.29) is 5.54 Å². The van der Waals surface area contributed by atoms with Crippen LogP contribution in [-0.2, 0) is 0 Å². The minimum atomic E-state index is 0.282. The lowest BCUT2D eigenvalue weighted by Gasteiger charge is -2.39. The minimum absolute atomic E-state index is 0.282. The van der Waals surface area contributed by atoms with Crippen LogP contribution in [0.1, 0.15) is 51.8 Å². The number of rotatable bonds is 3. The molecule has 0 saturated heterocycles. The summed E-state index contributed by atoms with van der Waals surface area (Å²) >= 11 is 0. The van der Waals surface area contributed by atoms with Crippen molar-refractivity contribution in [3.05, 3.63) is 11.9 Å². The Morgan fingerprint density at radius 3 is 2.60 bits per heavy atom. The van der Waals surface area contributed by atoms with Gasteiger partial charge < -0.3 is 9.88 Å². The van der Waals surface area contributed by atoms with Crippen molar-refractivity contribution in [3.8, 4) is 0 Å². The van der Waals surface area contributed by atoms with Gasteiger partial charge in [-0.25, -0.2) is 4.98 Å². The van der Waals surface area contributed by atoms with Gasteiger partial charge in [0.05, 0.1) is 5.69 Å². The number of aryl methyl sites for hydroxylation is 1. The molecular weight excluding hydrogens is 186 g/mol. The lowest BCUT2D eigenvalue weighted by molar-refractivity contribution is 0.303. The SMILES string of the molecule is Cc1cn(C(C)C)c(NC2(C)CCC2)n1. The van der Waals surface area contributed by atoms with Crippen LogP contribution in [0.3, 0.4) is 0 Å². The third-order valence-electron chi connectivity index (χ3n) is 3.28. The van der Waals surface area contributed by atoms with Gasteiger partial charge in [0, 0.05) is 17.8 Å². The van der Waals surface area contributed by atoms with Crippen molar-refractivity contribution in [2.45, 2.75) is 58.5 Å². The van der Waals surface area contributed by atoms with E-state index in [1.54, 1.807) is 0 Å². The molecule has 1 aliphatic carbocycles. The summed E-state index contributed by atoms with van der Waals surface area (Å²) in [7, 11) is 0. The maximum atomic E-state index is 4.55. The molecule has 2 rings (SSSR count). The molecule has 1 heterocycles. The largest absolute Gasteiger partial charge is 0.350 e. The lowest BCUT2D eigenvalue weighted by Crippen LogP contribution is -2.42. The Kier molecular flexibility index (Phi) is 2.49. The zero-order valence-corrected chi connectivity index (χ0v) is 10.2. The van der Waals surface area contributed by atoms with E-state index in [1.165, 1.54) is 19.3 Å². The first-order chi connectivity index (χ1) is 7.00. The van der Waals surface area contributed by atoms with E-state index in [4.69, 9.17) is 0 Å². The van der Waals surface area contributed by atoms with Crippen LogP contribution in [0, 0.1) is 6.92 Å². The second-order valence-electron chi connectivity index (χ2n) is 5.25. The summed E-state index contributed by atoms with van der Waals surface area (Å²) < 4.78 is 2.22. The molecule has 1 saturated carbocycles. The fourth-order valence-corrected chi connectivity index (χ4v) is 2.10. The molecule has 0 atom stereocenters. The summed E-state index contributed by atoms with van der Waals surface area (Å²) in [5, 5.41) is 3.58. The van der Waals surface area contributed by atoms with E-state index in [0.29, 0.717) is 6.04 Å². The van der Waals surface area contributed by atoms with E-state index in [0.717, 1.165) is 11.6 Å². The molecule has 1 N–H and O–H groups in total. The molecule has 0 aliphatic heterocycles. The maximum Gasteiger partial charge on any atom is 0.203 e. The molecule has 0 unspecified atom stereocenters. The van der Waals surface area contributed by atoms with Crippen LogP contribution < -0.4 is 5.32 Å². The van der Waals surface area contributed by atoms with Gasteiger partial charge in [-0.05, 0) is 47.0 Å². The van der Waals surface area contributed by atoms with E-state index >= 15 is 0 Å². The van der Waals surface area contributed by atoms with Gasteiger partial charge in [0.2, 0.25) is 5.95 Å². The fraction of sp³-hybridized carbons (Fsp3) is 0.750. The Morgan fingerprint density at radius 2 is 2.13 bits per heavy atom. The average Bonchev–Trinajstić information content (AvgIpc) is 2.44. The van der Waals surface area contributed by atoms with Crippen LogP contribution in [0.25, 0.3) is 0 Å². The van der Waals surface area contributed by atoms with Crippen molar-refractivity contribution in [2.24, 2.45) is 0 Å². The quantitative estimate of drug-likeness (QED) is 0.825. The van der Waals surface area contributed by atoms with Gasteiger partial charge in [0.15, 0.2) is 0 Å². The number of nitrogens with one attached hydrogen (secondary N) is 1. The number of nitrogens with zero attached hydrogens (tertiary/aromatic N) is 2. The standard InChI is InChI=1S/C12H21N3/c1-9(2)15-8-10(3)13-11(15)14-12(4)6-5-7-12/h8-9H,5-7H2,1-4H3,(H,13,14). The number of hydrogen-bond acceptors (Lipinski definition) is 2. The zero-order chi connectivity index (χ0) is 11.1. The molecule has 1 aromatic rings. The van der Waals surface area contributed by atoms with Gasteiger partial charge in [-0.15, -0.1) is 0 Å². The van der Waals surface area contributed by atoms with Crippen LogP contribution >= 0.6 is 0 Å². The molecule has 0 spiro atoms. The highest BCUT2D eigenvalue weighted by Gasteiger charge is 2.32. The van der Waals surface area contributed by atoms with Gasteiger partial charge in [-0.3, -0.25) is 0 Å². The summed E-state index contributed by atoms with van der Waals surface area (Å²) in [6.07, 6.45) is 5.98. The molecule has 1 fully saturated rings. The van der Waals surface area contributed by atoms with Gasteiger partial charge in [-0.1, -0.05) is 0 Å². The molecule has 0 radical (unpaired) electrons. The second kappa shape index (κ2) is 3.54. The summed E-state index contributed by atoms with van der Waals surface area (Å²) in [6.45, 7) is 8.71. The Morgan fingerprint density at radius 1 is 1.47 bits per heavy atom. The predicted molar refractivity (Wildman–Crippen MR) is 63.2 cm³/mol. The van der Waals surface area contributed by atoms with Crippen LogP contribution in [0.5, 0.6) is 0 Å². The van der Waals surface area contributed by atoms with Crippen molar-refractivity contribution in [1.29, 1.82) is 0 Å². The van der Waals surface area contributed by atoms with Crippen LogP contribution in [-0.4, -0.2) is 15.1 Å². The summed E-state index contributed by atoms with van der Waals surface area (Å²) in [5.74, 6) is 1.03. The van der Waals surface area contributed by atoms with E-state index in [9.17, 15) is 0 Å². The minimum Gasteiger partial charge on any atom is -0.350 e. The van der Waals surface area contributed by atoms with E-state index in [1.807, 2.05) is 6.92 Å². The third-order valence-corrected chi connectivity index (χ3v) is 3.28. The molecule has 1 aliphatic rings. The van der Waals surface area contributed by atoms with E-state index in [2.05, 4.69) is 41.8 Å². The third kappa shape index (κ3) is 2.01. The van der Waals surface area contributed by atoms with Gasteiger partial charge in [0.1, 0.15) is 0 Å². The summed E-state index contributed by atoms with van der Waals surface area (Å²) in [6, 6.07) is 0.470. The first-order valence-corrected chi connectivity index (χ1v) is 5.84. The van der Waals surface area contributed by atoms with Crippen LogP contribution in [0.15, 0.2) is 6.20 Å².